The van der Waals surface area contributed by atoms with Crippen LogP contribution in [0, 0.1) is 21.7 Å². The minimum Gasteiger partial charge on any atom is -0.395 e. The highest BCUT2D eigenvalue weighted by Gasteiger charge is 2.18. The van der Waals surface area contributed by atoms with Crippen LogP contribution in [0.15, 0.2) is 17.0 Å². The molecule has 0 fully saturated rings. The Bertz CT molecular complexity index is 391. The van der Waals surface area contributed by atoms with E-state index in [1.807, 2.05) is 0 Å². The fourth-order valence-electron chi connectivity index (χ4n) is 1.00. The number of hydrogen-bond acceptors (Lipinski definition) is 4. The first-order chi connectivity index (χ1) is 7.45. The van der Waals surface area contributed by atoms with E-state index in [-0.39, 0.29) is 16.8 Å². The molecule has 0 aliphatic heterocycles. The van der Waals surface area contributed by atoms with Crippen LogP contribution in [0.3, 0.4) is 0 Å². The van der Waals surface area contributed by atoms with Gasteiger partial charge in [0.05, 0.1) is 28.6 Å². The van der Waals surface area contributed by atoms with Gasteiger partial charge in [0.1, 0.15) is 11.6 Å². The van der Waals surface area contributed by atoms with Crippen LogP contribution in [0.4, 0.5) is 14.5 Å². The minimum atomic E-state index is -0.989. The van der Waals surface area contributed by atoms with E-state index in [0.29, 0.717) is 12.1 Å². The fourth-order valence-corrected chi connectivity index (χ4v) is 1.82. The SMILES string of the molecule is CC(CO)Sc1c(F)cc([N+](=O)[O-])cc1F. The molecule has 1 aromatic carbocycles. The van der Waals surface area contributed by atoms with Crippen molar-refractivity contribution in [2.45, 2.75) is 17.1 Å². The Morgan fingerprint density at radius 2 is 2.00 bits per heavy atom. The number of nitro groups is 1. The van der Waals surface area contributed by atoms with Gasteiger partial charge >= 0.3 is 0 Å². The average Bonchev–Trinajstić information content (AvgIpc) is 2.22. The van der Waals surface area contributed by atoms with Crippen molar-refractivity contribution in [1.82, 2.24) is 0 Å². The van der Waals surface area contributed by atoms with Gasteiger partial charge in [-0.3, -0.25) is 10.1 Å². The summed E-state index contributed by atoms with van der Waals surface area (Å²) >= 11 is 0.795. The van der Waals surface area contributed by atoms with Crippen molar-refractivity contribution in [2.75, 3.05) is 6.61 Å². The molecule has 1 rings (SSSR count). The number of non-ortho nitro benzene ring substituents is 1. The monoisotopic (exact) mass is 249 g/mol. The van der Waals surface area contributed by atoms with Gasteiger partial charge in [0.25, 0.3) is 5.69 Å². The zero-order valence-corrected chi connectivity index (χ0v) is 9.13. The van der Waals surface area contributed by atoms with E-state index in [1.54, 1.807) is 6.92 Å². The number of nitro benzene ring substituents is 1. The zero-order chi connectivity index (χ0) is 12.3. The topological polar surface area (TPSA) is 63.4 Å². The van der Waals surface area contributed by atoms with Crippen molar-refractivity contribution in [1.29, 1.82) is 0 Å². The van der Waals surface area contributed by atoms with Crippen LogP contribution >= 0.6 is 11.8 Å². The first-order valence-electron chi connectivity index (χ1n) is 4.36. The van der Waals surface area contributed by atoms with E-state index in [2.05, 4.69) is 0 Å². The van der Waals surface area contributed by atoms with Gasteiger partial charge in [-0.25, -0.2) is 8.78 Å². The second-order valence-corrected chi connectivity index (χ2v) is 4.56. The summed E-state index contributed by atoms with van der Waals surface area (Å²) in [5.74, 6) is -1.98. The van der Waals surface area contributed by atoms with Crippen molar-refractivity contribution in [3.8, 4) is 0 Å². The third-order valence-corrected chi connectivity index (χ3v) is 2.95. The number of rotatable bonds is 4. The standard InChI is InChI=1S/C9H9F2NO3S/c1-5(4-13)16-9-7(10)2-6(12(14)15)3-8(9)11/h2-3,5,13H,4H2,1H3. The van der Waals surface area contributed by atoms with E-state index >= 15 is 0 Å². The minimum absolute atomic E-state index is 0.236. The van der Waals surface area contributed by atoms with Crippen molar-refractivity contribution < 1.29 is 18.8 Å². The Morgan fingerprint density at radius 1 is 1.50 bits per heavy atom. The molecule has 0 bridgehead atoms. The number of benzene rings is 1. The number of thioether (sulfide) groups is 1. The summed E-state index contributed by atoms with van der Waals surface area (Å²) in [5, 5.41) is 18.7. The summed E-state index contributed by atoms with van der Waals surface area (Å²) in [6, 6.07) is 1.32. The molecule has 4 nitrogen and oxygen atoms in total. The van der Waals surface area contributed by atoms with Gasteiger partial charge in [0.2, 0.25) is 0 Å². The highest BCUT2D eigenvalue weighted by Crippen LogP contribution is 2.31. The molecule has 0 amide bonds. The van der Waals surface area contributed by atoms with Gasteiger partial charge in [-0.1, -0.05) is 6.92 Å². The molecular formula is C9H9F2NO3S. The Labute approximate surface area is 94.4 Å². The molecule has 1 aromatic rings. The molecule has 0 aliphatic carbocycles. The van der Waals surface area contributed by atoms with Crippen molar-refractivity contribution in [3.05, 3.63) is 33.9 Å². The van der Waals surface area contributed by atoms with Crippen LogP contribution in [-0.4, -0.2) is 21.9 Å². The normalized spacial score (nSPS) is 12.5. The third-order valence-electron chi connectivity index (χ3n) is 1.77. The molecule has 7 heteroatoms. The molecule has 0 radical (unpaired) electrons. The van der Waals surface area contributed by atoms with Gasteiger partial charge < -0.3 is 5.11 Å². The highest BCUT2D eigenvalue weighted by atomic mass is 32.2. The van der Waals surface area contributed by atoms with Crippen LogP contribution in [0.2, 0.25) is 0 Å². The Morgan fingerprint density at radius 3 is 2.38 bits per heavy atom. The van der Waals surface area contributed by atoms with Crippen LogP contribution in [0.5, 0.6) is 0 Å². The number of nitrogens with zero attached hydrogens (tertiary/aromatic N) is 1. The van der Waals surface area contributed by atoms with Gasteiger partial charge in [0, 0.05) is 5.25 Å². The van der Waals surface area contributed by atoms with Gasteiger partial charge in [-0.2, -0.15) is 0 Å². The molecule has 1 atom stereocenters. The summed E-state index contributed by atoms with van der Waals surface area (Å²) in [5.41, 5.74) is -0.629. The number of aliphatic hydroxyl groups excluding tert-OH is 1. The molecule has 0 aromatic heterocycles. The summed E-state index contributed by atoms with van der Waals surface area (Å²) in [6.45, 7) is 1.35. The lowest BCUT2D eigenvalue weighted by Crippen LogP contribution is -2.04. The number of aliphatic hydroxyl groups is 1. The molecule has 1 N–H and O–H groups in total. The fraction of sp³-hybridized carbons (Fsp3) is 0.333. The van der Waals surface area contributed by atoms with Crippen LogP contribution in [0.25, 0.3) is 0 Å². The molecule has 0 saturated carbocycles. The maximum Gasteiger partial charge on any atom is 0.275 e. The van der Waals surface area contributed by atoms with Crippen LogP contribution in [-0.2, 0) is 0 Å². The molecule has 16 heavy (non-hydrogen) atoms. The summed E-state index contributed by atoms with van der Waals surface area (Å²) in [6.07, 6.45) is 0. The molecular weight excluding hydrogens is 240 g/mol. The van der Waals surface area contributed by atoms with Gasteiger partial charge in [0.15, 0.2) is 0 Å². The van der Waals surface area contributed by atoms with E-state index in [1.165, 1.54) is 0 Å². The summed E-state index contributed by atoms with van der Waals surface area (Å²) < 4.78 is 26.6. The largest absolute Gasteiger partial charge is 0.395 e. The lowest BCUT2D eigenvalue weighted by atomic mass is 10.3. The molecule has 88 valence electrons. The predicted octanol–water partition coefficient (Wildman–Crippen LogP) is 2.35. The lowest BCUT2D eigenvalue weighted by Gasteiger charge is -2.09. The Balaban J connectivity index is 3.07. The Kier molecular flexibility index (Phi) is 4.19. The summed E-state index contributed by atoms with van der Waals surface area (Å²) in [7, 11) is 0. The number of halogens is 2. The van der Waals surface area contributed by atoms with Crippen molar-refractivity contribution in [3.63, 3.8) is 0 Å². The zero-order valence-electron chi connectivity index (χ0n) is 8.31. The quantitative estimate of drug-likeness (QED) is 0.505. The summed E-state index contributed by atoms with van der Waals surface area (Å²) in [4.78, 5) is 9.14. The lowest BCUT2D eigenvalue weighted by molar-refractivity contribution is -0.385. The molecule has 1 unspecified atom stereocenters. The smallest absolute Gasteiger partial charge is 0.275 e. The Hall–Kier alpha value is -1.21. The van der Waals surface area contributed by atoms with Gasteiger partial charge in [-0.05, 0) is 0 Å². The van der Waals surface area contributed by atoms with Crippen LogP contribution in [0.1, 0.15) is 6.92 Å². The molecule has 0 spiro atoms. The molecule has 0 heterocycles. The maximum atomic E-state index is 13.3. The first kappa shape index (κ1) is 12.9. The predicted molar refractivity (Wildman–Crippen MR) is 55.4 cm³/mol. The van der Waals surface area contributed by atoms with Crippen LogP contribution < -0.4 is 0 Å². The number of hydrogen-bond donors (Lipinski definition) is 1. The molecule has 0 saturated heterocycles. The van der Waals surface area contributed by atoms with Crippen molar-refractivity contribution in [2.24, 2.45) is 0 Å². The molecule has 0 aliphatic rings. The third kappa shape index (κ3) is 2.89. The van der Waals surface area contributed by atoms with Gasteiger partial charge in [-0.15, -0.1) is 11.8 Å². The van der Waals surface area contributed by atoms with Crippen molar-refractivity contribution >= 4 is 17.4 Å². The van der Waals surface area contributed by atoms with E-state index < -0.39 is 22.2 Å². The highest BCUT2D eigenvalue weighted by molar-refractivity contribution is 8.00. The second-order valence-electron chi connectivity index (χ2n) is 3.11. The maximum absolute atomic E-state index is 13.3. The van der Waals surface area contributed by atoms with E-state index in [4.69, 9.17) is 5.11 Å². The first-order valence-corrected chi connectivity index (χ1v) is 5.24. The van der Waals surface area contributed by atoms with E-state index in [0.717, 1.165) is 11.8 Å². The average molecular weight is 249 g/mol. The van der Waals surface area contributed by atoms with E-state index in [9.17, 15) is 18.9 Å². The second kappa shape index (κ2) is 5.22.